The summed E-state index contributed by atoms with van der Waals surface area (Å²) in [7, 11) is 0. The van der Waals surface area contributed by atoms with Gasteiger partial charge in [0.25, 0.3) is 0 Å². The normalized spacial score (nSPS) is 11.4. The van der Waals surface area contributed by atoms with Crippen molar-refractivity contribution in [1.29, 1.82) is 5.26 Å². The Balaban J connectivity index is 2.00. The van der Waals surface area contributed by atoms with E-state index < -0.39 is 0 Å². The molecule has 25 heavy (non-hydrogen) atoms. The third-order valence-corrected chi connectivity index (χ3v) is 4.38. The summed E-state index contributed by atoms with van der Waals surface area (Å²) in [6, 6.07) is 20.8. The van der Waals surface area contributed by atoms with Gasteiger partial charge in [-0.25, -0.2) is 4.39 Å². The summed E-state index contributed by atoms with van der Waals surface area (Å²) < 4.78 is 16.2. The van der Waals surface area contributed by atoms with Crippen LogP contribution in [0.5, 0.6) is 0 Å². The maximum atomic E-state index is 14.0. The molecule has 0 aliphatic carbocycles. The Morgan fingerprint density at radius 3 is 2.44 bits per heavy atom. The summed E-state index contributed by atoms with van der Waals surface area (Å²) in [6.45, 7) is 4.84. The Morgan fingerprint density at radius 1 is 1.08 bits per heavy atom. The summed E-state index contributed by atoms with van der Waals surface area (Å²) in [4.78, 5) is 0. The molecule has 0 unspecified atom stereocenters. The van der Waals surface area contributed by atoms with Crippen LogP contribution >= 0.6 is 0 Å². The van der Waals surface area contributed by atoms with Crippen molar-refractivity contribution in [3.05, 3.63) is 94.6 Å². The second-order valence-electron chi connectivity index (χ2n) is 6.05. The lowest BCUT2D eigenvalue weighted by Gasteiger charge is -2.09. The highest BCUT2D eigenvalue weighted by molar-refractivity contribution is 5.90. The molecule has 2 aromatic carbocycles. The van der Waals surface area contributed by atoms with Crippen LogP contribution in [0.15, 0.2) is 60.7 Å². The van der Waals surface area contributed by atoms with Crippen molar-refractivity contribution < 1.29 is 4.39 Å². The van der Waals surface area contributed by atoms with E-state index in [4.69, 9.17) is 0 Å². The second kappa shape index (κ2) is 7.19. The number of hydrogen-bond acceptors (Lipinski definition) is 1. The molecule has 0 fully saturated rings. The maximum absolute atomic E-state index is 14.0. The van der Waals surface area contributed by atoms with Crippen molar-refractivity contribution in [2.75, 3.05) is 0 Å². The van der Waals surface area contributed by atoms with E-state index in [1.807, 2.05) is 38.1 Å². The number of nitrogens with zero attached hydrogens (tertiary/aromatic N) is 2. The average Bonchev–Trinajstić information content (AvgIpc) is 2.89. The number of rotatable bonds is 4. The summed E-state index contributed by atoms with van der Waals surface area (Å²) in [5, 5.41) is 9.48. The second-order valence-corrected chi connectivity index (χ2v) is 6.05. The van der Waals surface area contributed by atoms with Gasteiger partial charge in [0.1, 0.15) is 5.82 Å². The van der Waals surface area contributed by atoms with E-state index in [-0.39, 0.29) is 5.82 Å². The number of nitriles is 1. The number of hydrogen-bond donors (Lipinski definition) is 0. The molecule has 3 heteroatoms. The van der Waals surface area contributed by atoms with Gasteiger partial charge in [0, 0.05) is 23.5 Å². The monoisotopic (exact) mass is 330 g/mol. The zero-order chi connectivity index (χ0) is 17.8. The van der Waals surface area contributed by atoms with Crippen molar-refractivity contribution in [3.63, 3.8) is 0 Å². The molecule has 0 saturated carbocycles. The molecule has 3 rings (SSSR count). The van der Waals surface area contributed by atoms with Crippen molar-refractivity contribution >= 4 is 11.6 Å². The average molecular weight is 330 g/mol. The van der Waals surface area contributed by atoms with Crippen LogP contribution in [0.2, 0.25) is 0 Å². The molecule has 0 amide bonds. The van der Waals surface area contributed by atoms with Gasteiger partial charge >= 0.3 is 0 Å². The Morgan fingerprint density at radius 2 is 1.76 bits per heavy atom. The summed E-state index contributed by atoms with van der Waals surface area (Å²) in [5.41, 5.74) is 4.99. The molecule has 0 bridgehead atoms. The Labute approximate surface area is 147 Å². The van der Waals surface area contributed by atoms with Gasteiger partial charge in [-0.05, 0) is 43.2 Å². The molecule has 2 nitrogen and oxygen atoms in total. The van der Waals surface area contributed by atoms with Crippen molar-refractivity contribution in [1.82, 2.24) is 4.57 Å². The minimum atomic E-state index is -0.381. The molecule has 3 aromatic rings. The number of aryl methyl sites for hydroxylation is 1. The summed E-state index contributed by atoms with van der Waals surface area (Å²) in [5.74, 6) is -0.381. The SMILES string of the molecule is Cc1cc(/C=C(/C#N)c2ccccc2F)c(C)n1Cc1ccccc1. The first-order valence-electron chi connectivity index (χ1n) is 8.17. The van der Waals surface area contributed by atoms with Crippen LogP contribution < -0.4 is 0 Å². The number of allylic oxidation sites excluding steroid dienone is 1. The van der Waals surface area contributed by atoms with Crippen molar-refractivity contribution in [2.24, 2.45) is 0 Å². The van der Waals surface area contributed by atoms with Crippen LogP contribution in [0.25, 0.3) is 11.6 Å². The van der Waals surface area contributed by atoms with Crippen LogP contribution in [-0.2, 0) is 6.54 Å². The molecular weight excluding hydrogens is 311 g/mol. The van der Waals surface area contributed by atoms with Crippen LogP contribution in [-0.4, -0.2) is 4.57 Å². The fourth-order valence-corrected chi connectivity index (χ4v) is 2.99. The molecule has 0 saturated heterocycles. The van der Waals surface area contributed by atoms with E-state index in [2.05, 4.69) is 22.8 Å². The lowest BCUT2D eigenvalue weighted by molar-refractivity contribution is 0.624. The molecule has 0 atom stereocenters. The fraction of sp³-hybridized carbons (Fsp3) is 0.136. The van der Waals surface area contributed by atoms with Gasteiger partial charge in [-0.2, -0.15) is 5.26 Å². The van der Waals surface area contributed by atoms with Gasteiger partial charge < -0.3 is 4.57 Å². The predicted octanol–water partition coefficient (Wildman–Crippen LogP) is 5.36. The van der Waals surface area contributed by atoms with Gasteiger partial charge in [-0.1, -0.05) is 48.5 Å². The van der Waals surface area contributed by atoms with E-state index >= 15 is 0 Å². The molecule has 0 spiro atoms. The first-order chi connectivity index (χ1) is 12.1. The molecule has 124 valence electrons. The zero-order valence-corrected chi connectivity index (χ0v) is 14.3. The van der Waals surface area contributed by atoms with Gasteiger partial charge in [0.05, 0.1) is 11.6 Å². The van der Waals surface area contributed by atoms with Gasteiger partial charge in [0.2, 0.25) is 0 Å². The smallest absolute Gasteiger partial charge is 0.131 e. The molecule has 1 heterocycles. The highest BCUT2D eigenvalue weighted by atomic mass is 19.1. The number of aromatic nitrogens is 1. The lowest BCUT2D eigenvalue weighted by atomic mass is 10.0. The van der Waals surface area contributed by atoms with Gasteiger partial charge in [0.15, 0.2) is 0 Å². The van der Waals surface area contributed by atoms with Crippen LogP contribution in [0.1, 0.15) is 28.1 Å². The third-order valence-electron chi connectivity index (χ3n) is 4.38. The number of benzene rings is 2. The first kappa shape index (κ1) is 16.7. The van der Waals surface area contributed by atoms with Crippen molar-refractivity contribution in [2.45, 2.75) is 20.4 Å². The minimum absolute atomic E-state index is 0.331. The van der Waals surface area contributed by atoms with E-state index in [9.17, 15) is 9.65 Å². The molecular formula is C22H19FN2. The molecule has 0 radical (unpaired) electrons. The fourth-order valence-electron chi connectivity index (χ4n) is 2.99. The van der Waals surface area contributed by atoms with Gasteiger partial charge in [-0.15, -0.1) is 0 Å². The van der Waals surface area contributed by atoms with Crippen LogP contribution in [0.3, 0.4) is 0 Å². The van der Waals surface area contributed by atoms with Gasteiger partial charge in [-0.3, -0.25) is 0 Å². The molecule has 0 aliphatic heterocycles. The molecule has 0 N–H and O–H groups in total. The summed E-state index contributed by atoms with van der Waals surface area (Å²) in [6.07, 6.45) is 1.77. The molecule has 0 aliphatic rings. The van der Waals surface area contributed by atoms with E-state index in [1.165, 1.54) is 11.6 Å². The number of halogens is 1. The summed E-state index contributed by atoms with van der Waals surface area (Å²) >= 11 is 0. The largest absolute Gasteiger partial charge is 0.344 e. The van der Waals surface area contributed by atoms with E-state index in [1.54, 1.807) is 24.3 Å². The Kier molecular flexibility index (Phi) is 4.81. The highest BCUT2D eigenvalue weighted by Gasteiger charge is 2.11. The Bertz CT molecular complexity index is 959. The van der Waals surface area contributed by atoms with Crippen LogP contribution in [0.4, 0.5) is 4.39 Å². The topological polar surface area (TPSA) is 28.7 Å². The zero-order valence-electron chi connectivity index (χ0n) is 14.3. The first-order valence-corrected chi connectivity index (χ1v) is 8.17. The van der Waals surface area contributed by atoms with E-state index in [0.717, 1.165) is 23.5 Å². The third kappa shape index (κ3) is 3.54. The highest BCUT2D eigenvalue weighted by Crippen LogP contribution is 2.24. The van der Waals surface area contributed by atoms with Crippen molar-refractivity contribution in [3.8, 4) is 6.07 Å². The Hall–Kier alpha value is -3.12. The van der Waals surface area contributed by atoms with Crippen LogP contribution in [0, 0.1) is 31.0 Å². The quantitative estimate of drug-likeness (QED) is 0.592. The van der Waals surface area contributed by atoms with E-state index in [0.29, 0.717) is 11.1 Å². The standard InChI is InChI=1S/C22H19FN2/c1-16-12-19(13-20(14-24)21-10-6-7-11-22(21)23)17(2)25(16)15-18-8-4-3-5-9-18/h3-13H,15H2,1-2H3/b20-13-. The maximum Gasteiger partial charge on any atom is 0.131 e. The minimum Gasteiger partial charge on any atom is -0.344 e. The predicted molar refractivity (Wildman–Crippen MR) is 99.3 cm³/mol. The lowest BCUT2D eigenvalue weighted by Crippen LogP contribution is -2.03. The molecule has 1 aromatic heterocycles.